The molecular weight excluding hydrogens is 342 g/mol. The number of rotatable bonds is 6. The van der Waals surface area contributed by atoms with Crippen molar-refractivity contribution in [1.82, 2.24) is 4.98 Å². The Bertz CT molecular complexity index is 1030. The second-order valence-corrected chi connectivity index (χ2v) is 6.68. The zero-order chi connectivity index (χ0) is 19.6. The van der Waals surface area contributed by atoms with Crippen LogP contribution in [0.4, 0.5) is 5.82 Å². The number of para-hydroxylation sites is 1. The highest BCUT2D eigenvalue weighted by atomic mass is 16.4. The number of nitrogens with zero attached hydrogens (tertiary/aromatic N) is 2. The van der Waals surface area contributed by atoms with E-state index in [4.69, 9.17) is 9.52 Å². The van der Waals surface area contributed by atoms with Crippen LogP contribution >= 0.6 is 0 Å². The number of aromatic nitrogens is 1. The number of anilines is 1. The minimum Gasteiger partial charge on any atom is -0.481 e. The van der Waals surface area contributed by atoms with Crippen LogP contribution in [0.25, 0.3) is 10.9 Å². The molecule has 0 aliphatic carbocycles. The summed E-state index contributed by atoms with van der Waals surface area (Å²) in [5, 5.41) is 14.4. The van der Waals surface area contributed by atoms with Gasteiger partial charge in [0.25, 0.3) is 0 Å². The van der Waals surface area contributed by atoms with Crippen molar-refractivity contribution in [2.24, 2.45) is 5.10 Å². The lowest BCUT2D eigenvalue weighted by Gasteiger charge is -2.08. The quantitative estimate of drug-likeness (QED) is 0.492. The second-order valence-electron chi connectivity index (χ2n) is 6.68. The second kappa shape index (κ2) is 7.61. The maximum atomic E-state index is 10.7. The molecule has 0 saturated heterocycles. The highest BCUT2D eigenvalue weighted by Crippen LogP contribution is 2.23. The van der Waals surface area contributed by atoms with Crippen LogP contribution in [0.15, 0.2) is 39.9 Å². The highest BCUT2D eigenvalue weighted by molar-refractivity contribution is 6.00. The third-order valence-corrected chi connectivity index (χ3v) is 4.53. The summed E-state index contributed by atoms with van der Waals surface area (Å²) in [7, 11) is 0. The van der Waals surface area contributed by atoms with E-state index in [9.17, 15) is 4.79 Å². The Morgan fingerprint density at radius 1 is 1.22 bits per heavy atom. The van der Waals surface area contributed by atoms with E-state index in [1.54, 1.807) is 0 Å². The van der Waals surface area contributed by atoms with Gasteiger partial charge in [0.15, 0.2) is 0 Å². The number of hydrazone groups is 1. The minimum atomic E-state index is -0.842. The van der Waals surface area contributed by atoms with Gasteiger partial charge in [0.05, 0.1) is 17.6 Å². The molecule has 2 aromatic heterocycles. The molecule has 1 aromatic carbocycles. The van der Waals surface area contributed by atoms with Crippen molar-refractivity contribution < 1.29 is 14.3 Å². The maximum Gasteiger partial charge on any atom is 0.303 e. The number of carbonyl (C=O) groups is 1. The molecule has 0 atom stereocenters. The van der Waals surface area contributed by atoms with Gasteiger partial charge in [-0.05, 0) is 51.0 Å². The Labute approximate surface area is 157 Å². The van der Waals surface area contributed by atoms with Gasteiger partial charge in [0.1, 0.15) is 17.3 Å². The average Bonchev–Trinajstić information content (AvgIpc) is 3.00. The van der Waals surface area contributed by atoms with E-state index in [1.165, 1.54) is 0 Å². The zero-order valence-corrected chi connectivity index (χ0v) is 16.0. The van der Waals surface area contributed by atoms with Crippen molar-refractivity contribution in [3.8, 4) is 0 Å². The van der Waals surface area contributed by atoms with Gasteiger partial charge in [0.2, 0.25) is 0 Å². The van der Waals surface area contributed by atoms with Gasteiger partial charge in [0, 0.05) is 17.4 Å². The lowest BCUT2D eigenvalue weighted by atomic mass is 10.1. The zero-order valence-electron chi connectivity index (χ0n) is 16.0. The van der Waals surface area contributed by atoms with Crippen molar-refractivity contribution in [1.29, 1.82) is 0 Å². The van der Waals surface area contributed by atoms with Gasteiger partial charge in [-0.1, -0.05) is 18.2 Å². The number of carboxylic acids is 1. The molecule has 0 spiro atoms. The van der Waals surface area contributed by atoms with Crippen molar-refractivity contribution in [2.75, 3.05) is 5.43 Å². The molecule has 0 aliphatic heterocycles. The molecule has 3 aromatic rings. The largest absolute Gasteiger partial charge is 0.481 e. The number of hydrogen-bond donors (Lipinski definition) is 2. The van der Waals surface area contributed by atoms with Crippen molar-refractivity contribution in [2.45, 2.75) is 40.5 Å². The van der Waals surface area contributed by atoms with Crippen molar-refractivity contribution in [3.63, 3.8) is 0 Å². The summed E-state index contributed by atoms with van der Waals surface area (Å²) in [4.78, 5) is 15.4. The molecule has 0 radical (unpaired) electrons. The standard InChI is InChI=1S/C21H23N3O3/c1-12-6-5-7-17-13(2)10-19(22-21(12)17)24-23-14(3)18-11-16(27-15(18)4)8-9-20(25)26/h5-7,10-11H,8-9H2,1-4H3,(H,22,24)(H,25,26)/b23-14-. The van der Waals surface area contributed by atoms with E-state index < -0.39 is 5.97 Å². The van der Waals surface area contributed by atoms with E-state index in [-0.39, 0.29) is 6.42 Å². The lowest BCUT2D eigenvalue weighted by molar-refractivity contribution is -0.137. The average molecular weight is 365 g/mol. The molecule has 0 aliphatic rings. The van der Waals surface area contributed by atoms with Crippen LogP contribution in [0, 0.1) is 20.8 Å². The fourth-order valence-corrected chi connectivity index (χ4v) is 3.08. The normalized spacial score (nSPS) is 11.8. The van der Waals surface area contributed by atoms with Crippen LogP contribution in [0.1, 0.15) is 41.6 Å². The van der Waals surface area contributed by atoms with Gasteiger partial charge < -0.3 is 9.52 Å². The molecular formula is C21H23N3O3. The molecule has 0 saturated carbocycles. The number of nitrogens with one attached hydrogen (secondary N) is 1. The third kappa shape index (κ3) is 4.16. The summed E-state index contributed by atoms with van der Waals surface area (Å²) in [6.07, 6.45) is 0.405. The topological polar surface area (TPSA) is 87.7 Å². The molecule has 0 unspecified atom stereocenters. The van der Waals surface area contributed by atoms with Crippen LogP contribution in [0.5, 0.6) is 0 Å². The van der Waals surface area contributed by atoms with Gasteiger partial charge in [-0.3, -0.25) is 10.2 Å². The number of aryl methyl sites for hydroxylation is 4. The van der Waals surface area contributed by atoms with E-state index in [2.05, 4.69) is 28.5 Å². The van der Waals surface area contributed by atoms with Crippen LogP contribution in [-0.2, 0) is 11.2 Å². The summed E-state index contributed by atoms with van der Waals surface area (Å²) >= 11 is 0. The number of hydrogen-bond acceptors (Lipinski definition) is 5. The first kappa shape index (κ1) is 18.6. The summed E-state index contributed by atoms with van der Waals surface area (Å²) in [5.74, 6) is 1.21. The molecule has 0 fully saturated rings. The first-order valence-corrected chi connectivity index (χ1v) is 8.84. The lowest BCUT2D eigenvalue weighted by Crippen LogP contribution is -2.02. The smallest absolute Gasteiger partial charge is 0.303 e. The summed E-state index contributed by atoms with van der Waals surface area (Å²) in [6.45, 7) is 7.83. The van der Waals surface area contributed by atoms with Crippen molar-refractivity contribution >= 4 is 28.4 Å². The Hall–Kier alpha value is -3.15. The molecule has 6 nitrogen and oxygen atoms in total. The van der Waals surface area contributed by atoms with Crippen LogP contribution in [-0.4, -0.2) is 21.8 Å². The highest BCUT2D eigenvalue weighted by Gasteiger charge is 2.12. The van der Waals surface area contributed by atoms with Gasteiger partial charge in [-0.2, -0.15) is 5.10 Å². The first-order chi connectivity index (χ1) is 12.8. The molecule has 0 bridgehead atoms. The number of furan rings is 1. The Kier molecular flexibility index (Phi) is 5.26. The van der Waals surface area contributed by atoms with E-state index in [1.807, 2.05) is 45.0 Å². The van der Waals surface area contributed by atoms with Crippen LogP contribution in [0.3, 0.4) is 0 Å². The maximum absolute atomic E-state index is 10.7. The SMILES string of the molecule is C/C(=N/Nc1cc(C)c2cccc(C)c2n1)c1cc(CCC(=O)O)oc1C. The molecule has 6 heteroatoms. The molecule has 3 rings (SSSR count). The molecule has 0 amide bonds. The predicted octanol–water partition coefficient (Wildman–Crippen LogP) is 4.61. The Morgan fingerprint density at radius 3 is 2.74 bits per heavy atom. The summed E-state index contributed by atoms with van der Waals surface area (Å²) < 4.78 is 5.64. The molecule has 140 valence electrons. The van der Waals surface area contributed by atoms with E-state index in [0.29, 0.717) is 18.0 Å². The fraction of sp³-hybridized carbons (Fsp3) is 0.286. The Balaban J connectivity index is 1.83. The summed E-state index contributed by atoms with van der Waals surface area (Å²) in [5.41, 5.74) is 7.86. The van der Waals surface area contributed by atoms with Crippen molar-refractivity contribution in [3.05, 3.63) is 58.5 Å². The monoisotopic (exact) mass is 365 g/mol. The number of fused-ring (bicyclic) bond motifs is 1. The molecule has 2 heterocycles. The molecule has 27 heavy (non-hydrogen) atoms. The van der Waals surface area contributed by atoms with Crippen LogP contribution in [0.2, 0.25) is 0 Å². The third-order valence-electron chi connectivity index (χ3n) is 4.53. The number of aliphatic carboxylic acids is 1. The summed E-state index contributed by atoms with van der Waals surface area (Å²) in [6, 6.07) is 9.96. The van der Waals surface area contributed by atoms with E-state index in [0.717, 1.165) is 39.1 Å². The first-order valence-electron chi connectivity index (χ1n) is 8.84. The fourth-order valence-electron chi connectivity index (χ4n) is 3.08. The van der Waals surface area contributed by atoms with Gasteiger partial charge >= 0.3 is 5.97 Å². The predicted molar refractivity (Wildman–Crippen MR) is 106 cm³/mol. The number of carboxylic acid groups (broad SMARTS) is 1. The number of benzene rings is 1. The van der Waals surface area contributed by atoms with E-state index >= 15 is 0 Å². The Morgan fingerprint density at radius 2 is 2.00 bits per heavy atom. The van der Waals surface area contributed by atoms with Gasteiger partial charge in [-0.15, -0.1) is 0 Å². The molecule has 2 N–H and O–H groups in total. The van der Waals surface area contributed by atoms with Crippen LogP contribution < -0.4 is 5.43 Å². The van der Waals surface area contributed by atoms with Gasteiger partial charge in [-0.25, -0.2) is 4.98 Å². The number of pyridine rings is 1. The minimum absolute atomic E-state index is 0.0421.